The van der Waals surface area contributed by atoms with Gasteiger partial charge in [0.1, 0.15) is 0 Å². The topological polar surface area (TPSA) is 52.9 Å². The molecule has 1 N–H and O–H groups in total. The van der Waals surface area contributed by atoms with Gasteiger partial charge in [-0.25, -0.2) is 0 Å². The zero-order chi connectivity index (χ0) is 11.9. The summed E-state index contributed by atoms with van der Waals surface area (Å²) in [6.45, 7) is 1.53. The minimum atomic E-state index is -4.49. The Morgan fingerprint density at radius 1 is 1.53 bits per heavy atom. The van der Waals surface area contributed by atoms with E-state index in [1.807, 2.05) is 0 Å². The fraction of sp³-hybridized carbons (Fsp3) is 0.875. The van der Waals surface area contributed by atoms with Crippen molar-refractivity contribution in [2.75, 3.05) is 24.6 Å². The van der Waals surface area contributed by atoms with Crippen molar-refractivity contribution in [2.24, 2.45) is 5.92 Å². The summed E-state index contributed by atoms with van der Waals surface area (Å²) in [5.41, 5.74) is 0. The number of hydrogen-bond acceptors (Lipinski definition) is 3. The van der Waals surface area contributed by atoms with Crippen LogP contribution in [0.4, 0.5) is 13.2 Å². The first-order valence-electron chi connectivity index (χ1n) is 4.43. The highest BCUT2D eigenvalue weighted by Crippen LogP contribution is 2.24. The molecule has 0 aromatic carbocycles. The smallest absolute Gasteiger partial charge is 0.314 e. The second-order valence-electron chi connectivity index (χ2n) is 2.86. The number of halogens is 3. The van der Waals surface area contributed by atoms with Crippen LogP contribution in [0.2, 0.25) is 0 Å². The third-order valence-electron chi connectivity index (χ3n) is 1.73. The quantitative estimate of drug-likeness (QED) is 0.708. The Kier molecular flexibility index (Phi) is 6.52. The molecule has 0 amide bonds. The van der Waals surface area contributed by atoms with Crippen molar-refractivity contribution < 1.29 is 17.4 Å². The lowest BCUT2D eigenvalue weighted by Crippen LogP contribution is -2.34. The lowest BCUT2D eigenvalue weighted by atomic mass is 10.1. The highest BCUT2D eigenvalue weighted by atomic mass is 32.2. The molecule has 2 atom stereocenters. The summed E-state index contributed by atoms with van der Waals surface area (Å²) >= 11 is 0. The van der Waals surface area contributed by atoms with Crippen molar-refractivity contribution in [3.05, 3.63) is 0 Å². The zero-order valence-corrected chi connectivity index (χ0v) is 9.12. The summed E-state index contributed by atoms with van der Waals surface area (Å²) in [5.74, 6) is -1.19. The molecule has 15 heavy (non-hydrogen) atoms. The lowest BCUT2D eigenvalue weighted by molar-refractivity contribution is -0.157. The average Bonchev–Trinajstić information content (AvgIpc) is 2.15. The van der Waals surface area contributed by atoms with Crippen LogP contribution in [0.5, 0.6) is 0 Å². The van der Waals surface area contributed by atoms with Gasteiger partial charge < -0.3 is 5.32 Å². The van der Waals surface area contributed by atoms with Gasteiger partial charge in [0.25, 0.3) is 0 Å². The van der Waals surface area contributed by atoms with Gasteiger partial charge in [-0.15, -0.1) is 0 Å². The van der Waals surface area contributed by atoms with Crippen molar-refractivity contribution in [1.29, 1.82) is 5.26 Å². The molecule has 2 unspecified atom stereocenters. The van der Waals surface area contributed by atoms with E-state index < -0.39 is 29.4 Å². The molecule has 0 saturated carbocycles. The minimum Gasteiger partial charge on any atom is -0.314 e. The molecule has 0 aliphatic heterocycles. The number of alkyl halides is 3. The van der Waals surface area contributed by atoms with Crippen LogP contribution in [-0.2, 0) is 10.8 Å². The van der Waals surface area contributed by atoms with E-state index in [0.717, 1.165) is 0 Å². The highest BCUT2D eigenvalue weighted by molar-refractivity contribution is 7.84. The van der Waals surface area contributed by atoms with E-state index in [-0.39, 0.29) is 6.54 Å². The largest absolute Gasteiger partial charge is 0.405 e. The van der Waals surface area contributed by atoms with E-state index in [9.17, 15) is 17.4 Å². The fourth-order valence-corrected chi connectivity index (χ4v) is 1.47. The summed E-state index contributed by atoms with van der Waals surface area (Å²) in [4.78, 5) is 0. The molecule has 0 bridgehead atoms. The molecule has 0 fully saturated rings. The molecule has 0 aromatic heterocycles. The SMILES string of the molecule is CCS(=O)CCNCC(C#N)C(F)(F)F. The molecule has 0 rings (SSSR count). The van der Waals surface area contributed by atoms with Crippen LogP contribution in [-0.4, -0.2) is 35.0 Å². The zero-order valence-electron chi connectivity index (χ0n) is 8.30. The highest BCUT2D eigenvalue weighted by Gasteiger charge is 2.39. The van der Waals surface area contributed by atoms with E-state index in [2.05, 4.69) is 5.32 Å². The maximum Gasteiger partial charge on any atom is 0.405 e. The Morgan fingerprint density at radius 3 is 2.53 bits per heavy atom. The second kappa shape index (κ2) is 6.80. The Hall–Kier alpha value is -0.610. The Balaban J connectivity index is 3.76. The summed E-state index contributed by atoms with van der Waals surface area (Å²) in [6, 6.07) is 1.18. The van der Waals surface area contributed by atoms with Gasteiger partial charge in [0.2, 0.25) is 0 Å². The van der Waals surface area contributed by atoms with Crippen LogP contribution < -0.4 is 5.32 Å². The third kappa shape index (κ3) is 6.47. The molecule has 0 aliphatic carbocycles. The number of nitriles is 1. The molecule has 3 nitrogen and oxygen atoms in total. The van der Waals surface area contributed by atoms with E-state index in [4.69, 9.17) is 5.26 Å². The Morgan fingerprint density at radius 2 is 2.13 bits per heavy atom. The second-order valence-corrected chi connectivity index (χ2v) is 4.73. The summed E-state index contributed by atoms with van der Waals surface area (Å²) < 4.78 is 47.1. The van der Waals surface area contributed by atoms with Gasteiger partial charge in [0.05, 0.1) is 6.07 Å². The summed E-state index contributed by atoms with van der Waals surface area (Å²) in [6.07, 6.45) is -4.49. The van der Waals surface area contributed by atoms with Crippen molar-refractivity contribution in [3.63, 3.8) is 0 Å². The predicted octanol–water partition coefficient (Wildman–Crippen LogP) is 1.05. The molecule has 0 spiro atoms. The maximum atomic E-state index is 12.0. The fourth-order valence-electron chi connectivity index (χ4n) is 0.811. The van der Waals surface area contributed by atoms with E-state index >= 15 is 0 Å². The number of rotatable bonds is 6. The van der Waals surface area contributed by atoms with Gasteiger partial charge >= 0.3 is 6.18 Å². The van der Waals surface area contributed by atoms with Crippen molar-refractivity contribution in [2.45, 2.75) is 13.1 Å². The number of hydrogen-bond donors (Lipinski definition) is 1. The molecule has 0 aliphatic rings. The van der Waals surface area contributed by atoms with Crippen molar-refractivity contribution in [3.8, 4) is 6.07 Å². The predicted molar refractivity (Wildman–Crippen MR) is 51.6 cm³/mol. The molecule has 0 saturated heterocycles. The Bertz CT molecular complexity index is 249. The van der Waals surface area contributed by atoms with Gasteiger partial charge in [-0.2, -0.15) is 18.4 Å². The van der Waals surface area contributed by atoms with E-state index in [1.165, 1.54) is 6.07 Å². The normalized spacial score (nSPS) is 15.7. The first-order valence-corrected chi connectivity index (χ1v) is 5.92. The molecule has 0 radical (unpaired) electrons. The van der Waals surface area contributed by atoms with Gasteiger partial charge in [-0.05, 0) is 0 Å². The number of nitrogens with zero attached hydrogens (tertiary/aromatic N) is 1. The summed E-state index contributed by atoms with van der Waals surface area (Å²) in [7, 11) is -0.991. The molecular weight excluding hydrogens is 229 g/mol. The van der Waals surface area contributed by atoms with Crippen LogP contribution in [0.1, 0.15) is 6.92 Å². The monoisotopic (exact) mass is 242 g/mol. The molecule has 7 heteroatoms. The van der Waals surface area contributed by atoms with Gasteiger partial charge in [0.15, 0.2) is 5.92 Å². The standard InChI is InChI=1S/C8H13F3N2OS/c1-2-15(14)4-3-13-6-7(5-12)8(9,10)11/h7,13H,2-4,6H2,1H3. The van der Waals surface area contributed by atoms with Crippen LogP contribution in [0.25, 0.3) is 0 Å². The van der Waals surface area contributed by atoms with Crippen LogP contribution in [0.3, 0.4) is 0 Å². The third-order valence-corrected chi connectivity index (χ3v) is 3.03. The van der Waals surface area contributed by atoms with Gasteiger partial charge in [-0.3, -0.25) is 4.21 Å². The van der Waals surface area contributed by atoms with Crippen LogP contribution >= 0.6 is 0 Å². The van der Waals surface area contributed by atoms with Gasteiger partial charge in [-0.1, -0.05) is 6.92 Å². The number of nitrogens with one attached hydrogen (secondary N) is 1. The molecule has 0 aromatic rings. The van der Waals surface area contributed by atoms with Crippen molar-refractivity contribution >= 4 is 10.8 Å². The van der Waals surface area contributed by atoms with E-state index in [1.54, 1.807) is 6.92 Å². The molecule has 0 heterocycles. The first kappa shape index (κ1) is 14.4. The van der Waals surface area contributed by atoms with Crippen molar-refractivity contribution in [1.82, 2.24) is 5.32 Å². The van der Waals surface area contributed by atoms with E-state index in [0.29, 0.717) is 11.5 Å². The first-order chi connectivity index (χ1) is 6.91. The maximum absolute atomic E-state index is 12.0. The summed E-state index contributed by atoms with van der Waals surface area (Å²) in [5, 5.41) is 10.7. The minimum absolute atomic E-state index is 0.231. The Labute approximate surface area is 89.1 Å². The van der Waals surface area contributed by atoms with Gasteiger partial charge in [0, 0.05) is 35.4 Å². The van der Waals surface area contributed by atoms with Crippen LogP contribution in [0, 0.1) is 17.2 Å². The molecule has 88 valence electrons. The molecular formula is C8H13F3N2OS. The lowest BCUT2D eigenvalue weighted by Gasteiger charge is -2.13. The average molecular weight is 242 g/mol. The van der Waals surface area contributed by atoms with Crippen LogP contribution in [0.15, 0.2) is 0 Å².